The predicted octanol–water partition coefficient (Wildman–Crippen LogP) is 4.01. The lowest BCUT2D eigenvalue weighted by molar-refractivity contribution is 0.0942. The number of hydrogen-bond donors (Lipinski definition) is 1. The first-order valence-corrected chi connectivity index (χ1v) is 7.73. The summed E-state index contributed by atoms with van der Waals surface area (Å²) in [4.78, 5) is 12.8. The van der Waals surface area contributed by atoms with Gasteiger partial charge in [-0.05, 0) is 30.7 Å². The van der Waals surface area contributed by atoms with Gasteiger partial charge in [0, 0.05) is 5.56 Å². The van der Waals surface area contributed by atoms with Crippen LogP contribution < -0.4 is 10.1 Å². The molecule has 0 aliphatic heterocycles. The first-order chi connectivity index (χ1) is 10.8. The standard InChI is InChI=1S/C19H23NO2/c1-3-4-14-20-18(15-10-12-17(22-2)13-11-15)19(21)16-8-6-5-7-9-16/h5-13,18,20H,3-4,14H2,1-2H3/t18-/m0/s1. The van der Waals surface area contributed by atoms with Gasteiger partial charge >= 0.3 is 0 Å². The second-order valence-corrected chi connectivity index (χ2v) is 5.24. The molecule has 0 saturated carbocycles. The Bertz CT molecular complexity index is 578. The van der Waals surface area contributed by atoms with E-state index in [0.717, 1.165) is 36.3 Å². The fourth-order valence-corrected chi connectivity index (χ4v) is 2.35. The van der Waals surface area contributed by atoms with Crippen LogP contribution in [-0.2, 0) is 0 Å². The van der Waals surface area contributed by atoms with Crippen molar-refractivity contribution in [3.8, 4) is 5.75 Å². The smallest absolute Gasteiger partial charge is 0.184 e. The van der Waals surface area contributed by atoms with Crippen LogP contribution in [-0.4, -0.2) is 19.4 Å². The molecule has 2 aromatic rings. The van der Waals surface area contributed by atoms with Gasteiger partial charge in [-0.25, -0.2) is 0 Å². The maximum Gasteiger partial charge on any atom is 0.184 e. The van der Waals surface area contributed by atoms with Gasteiger partial charge in [-0.1, -0.05) is 55.8 Å². The van der Waals surface area contributed by atoms with Gasteiger partial charge in [0.1, 0.15) is 5.75 Å². The number of ether oxygens (including phenoxy) is 1. The Morgan fingerprint density at radius 1 is 1.09 bits per heavy atom. The summed E-state index contributed by atoms with van der Waals surface area (Å²) in [5.74, 6) is 0.894. The number of carbonyl (C=O) groups is 1. The molecule has 3 heteroatoms. The molecule has 22 heavy (non-hydrogen) atoms. The third-order valence-electron chi connectivity index (χ3n) is 3.65. The zero-order chi connectivity index (χ0) is 15.8. The molecule has 0 aliphatic rings. The summed E-state index contributed by atoms with van der Waals surface area (Å²) in [7, 11) is 1.64. The Morgan fingerprint density at radius 3 is 2.36 bits per heavy atom. The number of ketones is 1. The van der Waals surface area contributed by atoms with Crippen molar-refractivity contribution >= 4 is 5.78 Å². The lowest BCUT2D eigenvalue weighted by Crippen LogP contribution is -2.29. The highest BCUT2D eigenvalue weighted by atomic mass is 16.5. The summed E-state index contributed by atoms with van der Waals surface area (Å²) in [5, 5.41) is 3.38. The Hall–Kier alpha value is -2.13. The summed E-state index contributed by atoms with van der Waals surface area (Å²) in [6, 6.07) is 16.8. The quantitative estimate of drug-likeness (QED) is 0.591. The van der Waals surface area contributed by atoms with Crippen molar-refractivity contribution < 1.29 is 9.53 Å². The van der Waals surface area contributed by atoms with E-state index in [9.17, 15) is 4.79 Å². The van der Waals surface area contributed by atoms with Crippen LogP contribution in [0.25, 0.3) is 0 Å². The fraction of sp³-hybridized carbons (Fsp3) is 0.316. The van der Waals surface area contributed by atoms with Gasteiger partial charge in [0.05, 0.1) is 13.2 Å². The minimum atomic E-state index is -0.320. The average Bonchev–Trinajstić information content (AvgIpc) is 2.59. The molecule has 0 bridgehead atoms. The third kappa shape index (κ3) is 4.18. The van der Waals surface area contributed by atoms with Gasteiger partial charge in [0.2, 0.25) is 0 Å². The largest absolute Gasteiger partial charge is 0.497 e. The van der Waals surface area contributed by atoms with E-state index in [-0.39, 0.29) is 11.8 Å². The summed E-state index contributed by atoms with van der Waals surface area (Å²) >= 11 is 0. The van der Waals surface area contributed by atoms with Crippen LogP contribution in [0.3, 0.4) is 0 Å². The van der Waals surface area contributed by atoms with E-state index in [4.69, 9.17) is 4.74 Å². The highest BCUT2D eigenvalue weighted by Gasteiger charge is 2.21. The molecule has 0 aliphatic carbocycles. The highest BCUT2D eigenvalue weighted by Crippen LogP contribution is 2.21. The van der Waals surface area contributed by atoms with E-state index in [1.165, 1.54) is 0 Å². The zero-order valence-electron chi connectivity index (χ0n) is 13.2. The van der Waals surface area contributed by atoms with Crippen molar-refractivity contribution in [2.24, 2.45) is 0 Å². The summed E-state index contributed by atoms with van der Waals surface area (Å²) in [5.41, 5.74) is 1.69. The van der Waals surface area contributed by atoms with Gasteiger partial charge < -0.3 is 10.1 Å². The molecule has 0 unspecified atom stereocenters. The number of unbranched alkanes of at least 4 members (excludes halogenated alkanes) is 1. The molecule has 1 N–H and O–H groups in total. The Morgan fingerprint density at radius 2 is 1.77 bits per heavy atom. The fourth-order valence-electron chi connectivity index (χ4n) is 2.35. The first kappa shape index (κ1) is 16.2. The van der Waals surface area contributed by atoms with Crippen LogP contribution in [0.4, 0.5) is 0 Å². The van der Waals surface area contributed by atoms with E-state index < -0.39 is 0 Å². The molecule has 0 aromatic heterocycles. The van der Waals surface area contributed by atoms with Gasteiger partial charge in [-0.15, -0.1) is 0 Å². The Balaban J connectivity index is 2.23. The van der Waals surface area contributed by atoms with Crippen molar-refractivity contribution in [2.45, 2.75) is 25.8 Å². The molecule has 2 aromatic carbocycles. The van der Waals surface area contributed by atoms with Crippen LogP contribution in [0, 0.1) is 0 Å². The highest BCUT2D eigenvalue weighted by molar-refractivity contribution is 6.00. The third-order valence-corrected chi connectivity index (χ3v) is 3.65. The van der Waals surface area contributed by atoms with E-state index in [0.29, 0.717) is 0 Å². The molecule has 0 radical (unpaired) electrons. The van der Waals surface area contributed by atoms with Crippen molar-refractivity contribution in [2.75, 3.05) is 13.7 Å². The maximum absolute atomic E-state index is 12.8. The van der Waals surface area contributed by atoms with Gasteiger partial charge in [0.15, 0.2) is 5.78 Å². The zero-order valence-corrected chi connectivity index (χ0v) is 13.2. The predicted molar refractivity (Wildman–Crippen MR) is 89.4 cm³/mol. The van der Waals surface area contributed by atoms with Crippen LogP contribution in [0.5, 0.6) is 5.75 Å². The first-order valence-electron chi connectivity index (χ1n) is 7.73. The van der Waals surface area contributed by atoms with E-state index in [1.807, 2.05) is 54.6 Å². The van der Waals surface area contributed by atoms with Crippen LogP contribution in [0.15, 0.2) is 54.6 Å². The second-order valence-electron chi connectivity index (χ2n) is 5.24. The van der Waals surface area contributed by atoms with Gasteiger partial charge in [-0.2, -0.15) is 0 Å². The maximum atomic E-state index is 12.8. The van der Waals surface area contributed by atoms with E-state index in [2.05, 4.69) is 12.2 Å². The molecule has 0 saturated heterocycles. The number of carbonyl (C=O) groups excluding carboxylic acids is 1. The van der Waals surface area contributed by atoms with Crippen molar-refractivity contribution in [1.29, 1.82) is 0 Å². The van der Waals surface area contributed by atoms with Crippen LogP contribution in [0.2, 0.25) is 0 Å². The molecular formula is C19H23NO2. The minimum absolute atomic E-state index is 0.0990. The summed E-state index contributed by atoms with van der Waals surface area (Å²) < 4.78 is 5.19. The van der Waals surface area contributed by atoms with Crippen molar-refractivity contribution in [1.82, 2.24) is 5.32 Å². The van der Waals surface area contributed by atoms with Crippen LogP contribution in [0.1, 0.15) is 41.7 Å². The molecule has 3 nitrogen and oxygen atoms in total. The summed E-state index contributed by atoms with van der Waals surface area (Å²) in [6.45, 7) is 2.97. The Kier molecular flexibility index (Phi) is 6.16. The molecule has 1 atom stereocenters. The number of benzene rings is 2. The molecule has 116 valence electrons. The molecule has 2 rings (SSSR count). The normalized spacial score (nSPS) is 11.9. The van der Waals surface area contributed by atoms with Crippen LogP contribution >= 0.6 is 0 Å². The molecular weight excluding hydrogens is 274 g/mol. The monoisotopic (exact) mass is 297 g/mol. The number of hydrogen-bond acceptors (Lipinski definition) is 3. The number of methoxy groups -OCH3 is 1. The number of rotatable bonds is 8. The Labute approximate surface area is 132 Å². The number of Topliss-reactive ketones (excluding diaryl/α,β-unsaturated/α-hetero) is 1. The average molecular weight is 297 g/mol. The lowest BCUT2D eigenvalue weighted by atomic mass is 9.97. The lowest BCUT2D eigenvalue weighted by Gasteiger charge is -2.18. The van der Waals surface area contributed by atoms with Gasteiger partial charge in [-0.3, -0.25) is 4.79 Å². The van der Waals surface area contributed by atoms with E-state index in [1.54, 1.807) is 7.11 Å². The van der Waals surface area contributed by atoms with Crippen molar-refractivity contribution in [3.05, 3.63) is 65.7 Å². The SMILES string of the molecule is CCCCN[C@H](C(=O)c1ccccc1)c1ccc(OC)cc1. The number of nitrogens with one attached hydrogen (secondary N) is 1. The minimum Gasteiger partial charge on any atom is -0.497 e. The summed E-state index contributed by atoms with van der Waals surface area (Å²) in [6.07, 6.45) is 2.15. The molecule has 0 spiro atoms. The molecule has 0 amide bonds. The van der Waals surface area contributed by atoms with E-state index >= 15 is 0 Å². The molecule has 0 heterocycles. The topological polar surface area (TPSA) is 38.3 Å². The van der Waals surface area contributed by atoms with Crippen molar-refractivity contribution in [3.63, 3.8) is 0 Å². The second kappa shape index (κ2) is 8.35. The molecule has 0 fully saturated rings. The van der Waals surface area contributed by atoms with Gasteiger partial charge in [0.25, 0.3) is 0 Å².